The summed E-state index contributed by atoms with van der Waals surface area (Å²) in [5, 5.41) is 0.356. The number of rotatable bonds is 7. The van der Waals surface area contributed by atoms with Gasteiger partial charge in [-0.2, -0.15) is 0 Å². The van der Waals surface area contributed by atoms with Crippen molar-refractivity contribution in [2.24, 2.45) is 0 Å². The van der Waals surface area contributed by atoms with Crippen LogP contribution in [0.5, 0.6) is 0 Å². The molecule has 4 aromatic carbocycles. The highest BCUT2D eigenvalue weighted by molar-refractivity contribution is 7.92. The maximum atomic E-state index is 14.3. The third kappa shape index (κ3) is 4.96. The van der Waals surface area contributed by atoms with Crippen molar-refractivity contribution in [3.8, 4) is 0 Å². The molecule has 0 bridgehead atoms. The number of fused-ring (bicyclic) bond motifs is 1. The Morgan fingerprint density at radius 3 is 2.16 bits per heavy atom. The van der Waals surface area contributed by atoms with Crippen molar-refractivity contribution in [2.75, 3.05) is 16.3 Å². The molecule has 0 saturated heterocycles. The second-order valence-corrected chi connectivity index (χ2v) is 11.3. The number of carbonyl (C=O) groups excluding carboxylic acids is 1. The largest absolute Gasteiger partial charge is 0.279 e. The Morgan fingerprint density at radius 1 is 0.865 bits per heavy atom. The molecule has 0 N–H and O–H groups in total. The van der Waals surface area contributed by atoms with E-state index in [1.807, 2.05) is 36.4 Å². The molecule has 0 spiro atoms. The summed E-state index contributed by atoms with van der Waals surface area (Å²) >= 11 is 1.22. The van der Waals surface area contributed by atoms with E-state index in [0.29, 0.717) is 15.5 Å². The molecule has 1 amide bonds. The number of carbonyl (C=O) groups is 1. The van der Waals surface area contributed by atoms with Crippen LogP contribution in [0.15, 0.2) is 108 Å². The molecular formula is C28H22FN3O3S2. The van der Waals surface area contributed by atoms with Crippen LogP contribution in [0.3, 0.4) is 0 Å². The zero-order valence-corrected chi connectivity index (χ0v) is 21.4. The van der Waals surface area contributed by atoms with Crippen LogP contribution in [0.4, 0.5) is 15.2 Å². The van der Waals surface area contributed by atoms with Gasteiger partial charge in [-0.25, -0.2) is 17.8 Å². The lowest BCUT2D eigenvalue weighted by atomic mass is 10.1. The summed E-state index contributed by atoms with van der Waals surface area (Å²) in [5.74, 6) is -0.826. The van der Waals surface area contributed by atoms with Gasteiger partial charge in [0.25, 0.3) is 15.9 Å². The fourth-order valence-corrected chi connectivity index (χ4v) is 6.04. The normalized spacial score (nSPS) is 11.4. The molecule has 0 fully saturated rings. The molecule has 5 aromatic rings. The molecule has 0 aliphatic carbocycles. The Balaban J connectivity index is 1.48. The molecule has 1 aromatic heterocycles. The molecule has 0 unspecified atom stereocenters. The fraction of sp³-hybridized carbons (Fsp3) is 0.0714. The van der Waals surface area contributed by atoms with E-state index in [-0.39, 0.29) is 28.4 Å². The smallest absolute Gasteiger partial charge is 0.264 e. The van der Waals surface area contributed by atoms with E-state index in [1.54, 1.807) is 36.4 Å². The Labute approximate surface area is 218 Å². The number of sulfonamides is 1. The molecule has 0 aliphatic heterocycles. The van der Waals surface area contributed by atoms with Crippen LogP contribution in [0, 0.1) is 5.82 Å². The van der Waals surface area contributed by atoms with Gasteiger partial charge in [0.05, 0.1) is 21.8 Å². The number of amides is 1. The first-order valence-corrected chi connectivity index (χ1v) is 13.6. The van der Waals surface area contributed by atoms with Crippen molar-refractivity contribution in [1.29, 1.82) is 0 Å². The Morgan fingerprint density at radius 2 is 1.51 bits per heavy atom. The van der Waals surface area contributed by atoms with Crippen molar-refractivity contribution in [3.05, 3.63) is 120 Å². The Kier molecular flexibility index (Phi) is 6.73. The van der Waals surface area contributed by atoms with E-state index in [2.05, 4.69) is 4.98 Å². The first kappa shape index (κ1) is 24.6. The summed E-state index contributed by atoms with van der Waals surface area (Å²) in [6, 6.07) is 28.7. The van der Waals surface area contributed by atoms with Crippen LogP contribution in [0.25, 0.3) is 10.2 Å². The van der Waals surface area contributed by atoms with Crippen LogP contribution in [-0.4, -0.2) is 26.4 Å². The average molecular weight is 532 g/mol. The quantitative estimate of drug-likeness (QED) is 0.254. The van der Waals surface area contributed by atoms with Gasteiger partial charge in [-0.05, 0) is 54.1 Å². The standard InChI is InChI=1S/C28H22FN3O3S2/c1-31(22-11-6-3-7-12-22)37(34,35)23-17-15-21(16-18-23)27(33)32(19-20-9-4-2-5-10-20)28-30-26-24(29)13-8-14-25(26)36-28/h2-18H,19H2,1H3. The van der Waals surface area contributed by atoms with Gasteiger partial charge in [0, 0.05) is 12.6 Å². The predicted octanol–water partition coefficient (Wildman–Crippen LogP) is 6.11. The number of nitrogens with zero attached hydrogens (tertiary/aromatic N) is 3. The Bertz CT molecular complexity index is 1660. The monoisotopic (exact) mass is 531 g/mol. The summed E-state index contributed by atoms with van der Waals surface area (Å²) in [5.41, 5.74) is 1.90. The topological polar surface area (TPSA) is 70.6 Å². The predicted molar refractivity (Wildman–Crippen MR) is 145 cm³/mol. The van der Waals surface area contributed by atoms with Crippen molar-refractivity contribution in [2.45, 2.75) is 11.4 Å². The molecule has 1 heterocycles. The molecule has 9 heteroatoms. The second kappa shape index (κ2) is 10.1. The molecule has 0 aliphatic rings. The Hall–Kier alpha value is -4.08. The number of hydrogen-bond acceptors (Lipinski definition) is 5. The van der Waals surface area contributed by atoms with Crippen molar-refractivity contribution in [1.82, 2.24) is 4.98 Å². The van der Waals surface area contributed by atoms with Gasteiger partial charge >= 0.3 is 0 Å². The summed E-state index contributed by atoms with van der Waals surface area (Å²) in [7, 11) is -2.34. The molecule has 0 saturated carbocycles. The number of para-hydroxylation sites is 2. The SMILES string of the molecule is CN(c1ccccc1)S(=O)(=O)c1ccc(C(=O)N(Cc2ccccc2)c2nc3c(F)cccc3s2)cc1. The lowest BCUT2D eigenvalue weighted by molar-refractivity contribution is 0.0985. The molecule has 6 nitrogen and oxygen atoms in total. The molecule has 0 atom stereocenters. The number of benzene rings is 4. The van der Waals surface area contributed by atoms with E-state index < -0.39 is 15.8 Å². The van der Waals surface area contributed by atoms with Gasteiger partial charge < -0.3 is 0 Å². The minimum absolute atomic E-state index is 0.0621. The number of aromatic nitrogens is 1. The van der Waals surface area contributed by atoms with Gasteiger partial charge in [0.2, 0.25) is 0 Å². The highest BCUT2D eigenvalue weighted by Crippen LogP contribution is 2.32. The summed E-state index contributed by atoms with van der Waals surface area (Å²) < 4.78 is 42.4. The zero-order valence-electron chi connectivity index (χ0n) is 19.8. The molecule has 37 heavy (non-hydrogen) atoms. The van der Waals surface area contributed by atoms with E-state index in [0.717, 1.165) is 5.56 Å². The molecular weight excluding hydrogens is 509 g/mol. The van der Waals surface area contributed by atoms with Crippen LogP contribution in [-0.2, 0) is 16.6 Å². The van der Waals surface area contributed by atoms with E-state index in [1.165, 1.54) is 57.9 Å². The van der Waals surface area contributed by atoms with Crippen LogP contribution >= 0.6 is 11.3 Å². The fourth-order valence-electron chi connectivity index (χ4n) is 3.87. The van der Waals surface area contributed by atoms with E-state index >= 15 is 0 Å². The van der Waals surface area contributed by atoms with Gasteiger partial charge in [-0.15, -0.1) is 0 Å². The summed E-state index contributed by atoms with van der Waals surface area (Å²) in [4.78, 5) is 19.6. The molecule has 0 radical (unpaired) electrons. The number of halogens is 1. The van der Waals surface area contributed by atoms with Crippen LogP contribution < -0.4 is 9.21 Å². The first-order chi connectivity index (χ1) is 17.8. The van der Waals surface area contributed by atoms with E-state index in [4.69, 9.17) is 0 Å². The lowest BCUT2D eigenvalue weighted by Crippen LogP contribution is -2.30. The maximum absolute atomic E-state index is 14.3. The third-order valence-corrected chi connectivity index (χ3v) is 8.74. The highest BCUT2D eigenvalue weighted by atomic mass is 32.2. The third-order valence-electron chi connectivity index (χ3n) is 5.90. The lowest BCUT2D eigenvalue weighted by Gasteiger charge is -2.21. The van der Waals surface area contributed by atoms with Crippen molar-refractivity contribution < 1.29 is 17.6 Å². The number of anilines is 2. The minimum atomic E-state index is -3.82. The van der Waals surface area contributed by atoms with Crippen LogP contribution in [0.2, 0.25) is 0 Å². The zero-order chi connectivity index (χ0) is 26.0. The minimum Gasteiger partial charge on any atom is -0.279 e. The average Bonchev–Trinajstić information content (AvgIpc) is 3.37. The van der Waals surface area contributed by atoms with Gasteiger partial charge in [-0.3, -0.25) is 14.0 Å². The molecule has 186 valence electrons. The van der Waals surface area contributed by atoms with E-state index in [9.17, 15) is 17.6 Å². The highest BCUT2D eigenvalue weighted by Gasteiger charge is 2.25. The van der Waals surface area contributed by atoms with Crippen LogP contribution in [0.1, 0.15) is 15.9 Å². The van der Waals surface area contributed by atoms with Gasteiger partial charge in [0.15, 0.2) is 5.13 Å². The van der Waals surface area contributed by atoms with Crippen molar-refractivity contribution in [3.63, 3.8) is 0 Å². The maximum Gasteiger partial charge on any atom is 0.264 e. The van der Waals surface area contributed by atoms with Gasteiger partial charge in [-0.1, -0.05) is 65.9 Å². The molecule has 5 rings (SSSR count). The summed E-state index contributed by atoms with van der Waals surface area (Å²) in [6.07, 6.45) is 0. The summed E-state index contributed by atoms with van der Waals surface area (Å²) in [6.45, 7) is 0.220. The number of hydrogen-bond donors (Lipinski definition) is 0. The number of thiazole rings is 1. The second-order valence-electron chi connectivity index (χ2n) is 8.29. The first-order valence-electron chi connectivity index (χ1n) is 11.4. The van der Waals surface area contributed by atoms with Gasteiger partial charge in [0.1, 0.15) is 11.3 Å². The van der Waals surface area contributed by atoms with Crippen molar-refractivity contribution >= 4 is 48.3 Å².